The molecule has 1 amide bonds. The molecule has 0 bridgehead atoms. The number of nitrogens with one attached hydrogen (secondary N) is 1. The maximum absolute atomic E-state index is 11.3. The monoisotopic (exact) mass is 209 g/mol. The van der Waals surface area contributed by atoms with Crippen molar-refractivity contribution in [2.75, 3.05) is 13.1 Å². The number of amides is 1. The summed E-state index contributed by atoms with van der Waals surface area (Å²) in [5.41, 5.74) is 5.56. The van der Waals surface area contributed by atoms with Gasteiger partial charge in [-0.2, -0.15) is 0 Å². The van der Waals surface area contributed by atoms with Gasteiger partial charge in [-0.05, 0) is 12.1 Å². The number of rotatable bonds is 4. The molecule has 1 aromatic rings. The maximum atomic E-state index is 11.3. The summed E-state index contributed by atoms with van der Waals surface area (Å²) in [4.78, 5) is 21.2. The summed E-state index contributed by atoms with van der Waals surface area (Å²) >= 11 is 0. The van der Waals surface area contributed by atoms with Crippen LogP contribution in [0.15, 0.2) is 24.3 Å². The first-order chi connectivity index (χ1) is 7.15. The second kappa shape index (κ2) is 5.06. The molecule has 3 N–H and O–H groups in total. The van der Waals surface area contributed by atoms with E-state index >= 15 is 0 Å². The summed E-state index contributed by atoms with van der Waals surface area (Å²) in [7, 11) is 0. The van der Waals surface area contributed by atoms with Crippen molar-refractivity contribution >= 4 is 11.6 Å². The van der Waals surface area contributed by atoms with Gasteiger partial charge in [-0.1, -0.05) is 0 Å². The van der Waals surface area contributed by atoms with Crippen LogP contribution in [0.4, 0.5) is 5.69 Å². The Hall–Kier alpha value is -1.95. The van der Waals surface area contributed by atoms with E-state index in [1.165, 1.54) is 24.3 Å². The fourth-order valence-corrected chi connectivity index (χ4v) is 1.02. The molecule has 6 nitrogen and oxygen atoms in total. The van der Waals surface area contributed by atoms with Crippen LogP contribution in [0.1, 0.15) is 10.4 Å². The van der Waals surface area contributed by atoms with Crippen molar-refractivity contribution in [3.63, 3.8) is 0 Å². The van der Waals surface area contributed by atoms with Crippen molar-refractivity contribution in [2.45, 2.75) is 0 Å². The van der Waals surface area contributed by atoms with E-state index in [-0.39, 0.29) is 11.6 Å². The molecule has 6 heteroatoms. The number of nitrogens with two attached hydrogens (primary N) is 1. The van der Waals surface area contributed by atoms with Crippen LogP contribution in [0.3, 0.4) is 0 Å². The summed E-state index contributed by atoms with van der Waals surface area (Å²) in [6.07, 6.45) is 0. The predicted octanol–water partition coefficient (Wildman–Crippen LogP) is 0.283. The van der Waals surface area contributed by atoms with Crippen molar-refractivity contribution in [3.05, 3.63) is 39.9 Å². The van der Waals surface area contributed by atoms with Gasteiger partial charge in [0.2, 0.25) is 0 Å². The molecule has 0 spiro atoms. The molecule has 0 atom stereocenters. The Morgan fingerprint density at radius 3 is 2.47 bits per heavy atom. The summed E-state index contributed by atoms with van der Waals surface area (Å²) in [6.45, 7) is 0.745. The van der Waals surface area contributed by atoms with Crippen molar-refractivity contribution < 1.29 is 9.72 Å². The lowest BCUT2D eigenvalue weighted by atomic mass is 10.2. The van der Waals surface area contributed by atoms with Crippen molar-refractivity contribution in [3.8, 4) is 0 Å². The Bertz CT molecular complexity index is 361. The van der Waals surface area contributed by atoms with Gasteiger partial charge < -0.3 is 11.1 Å². The van der Waals surface area contributed by atoms with Crippen LogP contribution in [0.25, 0.3) is 0 Å². The predicted molar refractivity (Wildman–Crippen MR) is 54.5 cm³/mol. The van der Waals surface area contributed by atoms with Gasteiger partial charge in [-0.25, -0.2) is 0 Å². The average Bonchev–Trinajstić information content (AvgIpc) is 2.26. The highest BCUT2D eigenvalue weighted by molar-refractivity contribution is 5.94. The molecule has 80 valence electrons. The Kier molecular flexibility index (Phi) is 3.75. The number of nitro benzene ring substituents is 1. The van der Waals surface area contributed by atoms with Gasteiger partial charge in [-0.15, -0.1) is 0 Å². The molecule has 1 rings (SSSR count). The summed E-state index contributed by atoms with van der Waals surface area (Å²) in [5.74, 6) is -0.282. The van der Waals surface area contributed by atoms with Crippen molar-refractivity contribution in [2.24, 2.45) is 5.73 Å². The first-order valence-corrected chi connectivity index (χ1v) is 4.38. The zero-order valence-electron chi connectivity index (χ0n) is 7.97. The number of hydrogen-bond donors (Lipinski definition) is 2. The lowest BCUT2D eigenvalue weighted by molar-refractivity contribution is -0.384. The molecule has 0 aromatic heterocycles. The standard InChI is InChI=1S/C9H11N3O3/c10-5-6-11-9(13)7-1-3-8(4-2-7)12(14)15/h1-4H,5-6,10H2,(H,11,13). The molecule has 0 fully saturated rings. The normalized spacial score (nSPS) is 9.67. The SMILES string of the molecule is NCCNC(=O)c1ccc([N+](=O)[O-])cc1. The first-order valence-electron chi connectivity index (χ1n) is 4.38. The third kappa shape index (κ3) is 3.03. The molecule has 0 aliphatic heterocycles. The van der Waals surface area contributed by atoms with Crippen LogP contribution >= 0.6 is 0 Å². The zero-order valence-corrected chi connectivity index (χ0v) is 7.97. The third-order valence-corrected chi connectivity index (χ3v) is 1.77. The second-order valence-corrected chi connectivity index (χ2v) is 2.85. The largest absolute Gasteiger partial charge is 0.351 e. The molecule has 0 saturated carbocycles. The molecular weight excluding hydrogens is 198 g/mol. The first kappa shape index (κ1) is 11.1. The lowest BCUT2D eigenvalue weighted by Crippen LogP contribution is -2.28. The van der Waals surface area contributed by atoms with Crippen LogP contribution in [-0.2, 0) is 0 Å². The second-order valence-electron chi connectivity index (χ2n) is 2.85. The number of hydrogen-bond acceptors (Lipinski definition) is 4. The van der Waals surface area contributed by atoms with Gasteiger partial charge in [0.05, 0.1) is 4.92 Å². The van der Waals surface area contributed by atoms with E-state index in [0.717, 1.165) is 0 Å². The van der Waals surface area contributed by atoms with Crippen LogP contribution < -0.4 is 11.1 Å². The van der Waals surface area contributed by atoms with Gasteiger partial charge in [0.25, 0.3) is 11.6 Å². The Morgan fingerprint density at radius 2 is 2.00 bits per heavy atom. The zero-order chi connectivity index (χ0) is 11.3. The Labute approximate surface area is 86.2 Å². The highest BCUT2D eigenvalue weighted by atomic mass is 16.6. The number of non-ortho nitro benzene ring substituents is 1. The molecule has 0 radical (unpaired) electrons. The smallest absolute Gasteiger partial charge is 0.269 e. The molecule has 0 heterocycles. The fourth-order valence-electron chi connectivity index (χ4n) is 1.02. The minimum Gasteiger partial charge on any atom is -0.351 e. The molecule has 0 aliphatic carbocycles. The topological polar surface area (TPSA) is 98.3 Å². The van der Waals surface area contributed by atoms with E-state index in [1.54, 1.807) is 0 Å². The van der Waals surface area contributed by atoms with Crippen molar-refractivity contribution in [1.82, 2.24) is 5.32 Å². The van der Waals surface area contributed by atoms with E-state index in [9.17, 15) is 14.9 Å². The number of benzene rings is 1. The molecular formula is C9H11N3O3. The summed E-state index contributed by atoms with van der Waals surface area (Å²) < 4.78 is 0. The Morgan fingerprint density at radius 1 is 1.40 bits per heavy atom. The van der Waals surface area contributed by atoms with Crippen LogP contribution in [0, 0.1) is 10.1 Å². The molecule has 15 heavy (non-hydrogen) atoms. The Balaban J connectivity index is 2.71. The van der Waals surface area contributed by atoms with Gasteiger partial charge in [0.1, 0.15) is 0 Å². The summed E-state index contributed by atoms with van der Waals surface area (Å²) in [5, 5.41) is 12.9. The molecule has 1 aromatic carbocycles. The minimum absolute atomic E-state index is 0.0367. The third-order valence-electron chi connectivity index (χ3n) is 1.77. The van der Waals surface area contributed by atoms with Crippen LogP contribution in [-0.4, -0.2) is 23.9 Å². The van der Waals surface area contributed by atoms with Gasteiger partial charge in [-0.3, -0.25) is 14.9 Å². The van der Waals surface area contributed by atoms with E-state index in [2.05, 4.69) is 5.32 Å². The number of carbonyl (C=O) groups excluding carboxylic acids is 1. The van der Waals surface area contributed by atoms with Crippen molar-refractivity contribution in [1.29, 1.82) is 0 Å². The van der Waals surface area contributed by atoms with E-state index in [1.807, 2.05) is 0 Å². The van der Waals surface area contributed by atoms with E-state index in [0.29, 0.717) is 18.7 Å². The highest BCUT2D eigenvalue weighted by Gasteiger charge is 2.08. The number of nitro groups is 1. The molecule has 0 saturated heterocycles. The molecule has 0 aliphatic rings. The molecule has 0 unspecified atom stereocenters. The lowest BCUT2D eigenvalue weighted by Gasteiger charge is -2.02. The average molecular weight is 209 g/mol. The van der Waals surface area contributed by atoms with Crippen LogP contribution in [0.2, 0.25) is 0 Å². The number of nitrogens with zero attached hydrogens (tertiary/aromatic N) is 1. The van der Waals surface area contributed by atoms with E-state index in [4.69, 9.17) is 5.73 Å². The minimum atomic E-state index is -0.512. The van der Waals surface area contributed by atoms with E-state index < -0.39 is 4.92 Å². The van der Waals surface area contributed by atoms with Gasteiger partial charge in [0.15, 0.2) is 0 Å². The highest BCUT2D eigenvalue weighted by Crippen LogP contribution is 2.11. The summed E-state index contributed by atoms with van der Waals surface area (Å²) in [6, 6.07) is 5.39. The van der Waals surface area contributed by atoms with Gasteiger partial charge in [0, 0.05) is 30.8 Å². The quantitative estimate of drug-likeness (QED) is 0.549. The maximum Gasteiger partial charge on any atom is 0.269 e. The van der Waals surface area contributed by atoms with Gasteiger partial charge >= 0.3 is 0 Å². The van der Waals surface area contributed by atoms with Crippen LogP contribution in [0.5, 0.6) is 0 Å². The fraction of sp³-hybridized carbons (Fsp3) is 0.222. The number of carbonyl (C=O) groups is 1.